The van der Waals surface area contributed by atoms with Crippen molar-refractivity contribution < 1.29 is 9.53 Å². The molecule has 1 aromatic heterocycles. The molecule has 0 unspecified atom stereocenters. The number of carbonyl (C=O) groups is 1. The van der Waals surface area contributed by atoms with Crippen molar-refractivity contribution in [3.8, 4) is 11.3 Å². The number of amides is 1. The highest BCUT2D eigenvalue weighted by Crippen LogP contribution is 2.27. The molecule has 0 spiro atoms. The van der Waals surface area contributed by atoms with Gasteiger partial charge in [0, 0.05) is 50.5 Å². The van der Waals surface area contributed by atoms with Crippen LogP contribution in [0.2, 0.25) is 0 Å². The van der Waals surface area contributed by atoms with Crippen molar-refractivity contribution in [3.05, 3.63) is 41.6 Å². The molecule has 1 aliphatic rings. The topological polar surface area (TPSA) is 47.4 Å². The zero-order chi connectivity index (χ0) is 16.2. The number of nitrogens with zero attached hydrogens (tertiary/aromatic N) is 3. The van der Waals surface area contributed by atoms with Crippen molar-refractivity contribution in [3.63, 3.8) is 0 Å². The second kappa shape index (κ2) is 6.96. The Morgan fingerprint density at radius 3 is 2.70 bits per heavy atom. The van der Waals surface area contributed by atoms with E-state index < -0.39 is 0 Å². The van der Waals surface area contributed by atoms with Gasteiger partial charge >= 0.3 is 0 Å². The normalized spacial score (nSPS) is 14.4. The van der Waals surface area contributed by atoms with Gasteiger partial charge in [-0.25, -0.2) is 0 Å². The second-order valence-corrected chi connectivity index (χ2v) is 5.89. The summed E-state index contributed by atoms with van der Waals surface area (Å²) in [5.41, 5.74) is 4.71. The van der Waals surface area contributed by atoms with Crippen LogP contribution in [0.3, 0.4) is 0 Å². The van der Waals surface area contributed by atoms with Crippen molar-refractivity contribution in [1.82, 2.24) is 14.7 Å². The largest absolute Gasteiger partial charge is 0.384 e. The molecule has 2 aromatic rings. The molecule has 0 fully saturated rings. The van der Waals surface area contributed by atoms with Crippen LogP contribution >= 0.6 is 0 Å². The minimum atomic E-state index is 0.175. The maximum absolute atomic E-state index is 12.2. The van der Waals surface area contributed by atoms with E-state index in [1.54, 1.807) is 7.11 Å². The van der Waals surface area contributed by atoms with Gasteiger partial charge < -0.3 is 9.64 Å². The Hall–Kier alpha value is -2.14. The molecular weight excluding hydrogens is 290 g/mol. The first-order valence-corrected chi connectivity index (χ1v) is 8.07. The molecule has 0 N–H and O–H groups in total. The first-order valence-electron chi connectivity index (χ1n) is 8.07. The van der Waals surface area contributed by atoms with E-state index in [1.165, 1.54) is 11.3 Å². The molecular formula is C18H23N3O2. The van der Waals surface area contributed by atoms with E-state index >= 15 is 0 Å². The third-order valence-corrected chi connectivity index (χ3v) is 4.45. The summed E-state index contributed by atoms with van der Waals surface area (Å²) >= 11 is 0. The molecule has 2 heterocycles. The number of fused-ring (bicyclic) bond motifs is 1. The predicted octanol–water partition coefficient (Wildman–Crippen LogP) is 2.05. The minimum Gasteiger partial charge on any atom is -0.384 e. The van der Waals surface area contributed by atoms with Crippen LogP contribution in [-0.2, 0) is 29.4 Å². The monoisotopic (exact) mass is 313 g/mol. The Balaban J connectivity index is 1.82. The predicted molar refractivity (Wildman–Crippen MR) is 89.1 cm³/mol. The van der Waals surface area contributed by atoms with Crippen LogP contribution in [-0.4, -0.2) is 47.4 Å². The standard InChI is InChI=1S/C18H23N3O2/c1-20-16-9-12-21(17(22)10-13-23-2)11-8-15(16)18(19-20)14-6-4-3-5-7-14/h3-7H,8-13H2,1-2H3. The molecule has 0 aliphatic carbocycles. The maximum Gasteiger partial charge on any atom is 0.224 e. The van der Waals surface area contributed by atoms with Crippen LogP contribution in [0, 0.1) is 0 Å². The van der Waals surface area contributed by atoms with Crippen LogP contribution in [0.1, 0.15) is 17.7 Å². The maximum atomic E-state index is 12.2. The van der Waals surface area contributed by atoms with E-state index in [4.69, 9.17) is 9.84 Å². The molecule has 0 bridgehead atoms. The number of hydrogen-bond acceptors (Lipinski definition) is 3. The molecule has 0 saturated heterocycles. The summed E-state index contributed by atoms with van der Waals surface area (Å²) in [6, 6.07) is 10.3. The van der Waals surface area contributed by atoms with Crippen molar-refractivity contribution in [1.29, 1.82) is 0 Å². The Labute approximate surface area is 136 Å². The first kappa shape index (κ1) is 15.7. The Bertz CT molecular complexity index is 679. The van der Waals surface area contributed by atoms with Gasteiger partial charge in [-0.1, -0.05) is 30.3 Å². The van der Waals surface area contributed by atoms with Gasteiger partial charge in [-0.3, -0.25) is 9.48 Å². The van der Waals surface area contributed by atoms with E-state index in [2.05, 4.69) is 12.1 Å². The van der Waals surface area contributed by atoms with Crippen molar-refractivity contribution >= 4 is 5.91 Å². The lowest BCUT2D eigenvalue weighted by Crippen LogP contribution is -2.34. The van der Waals surface area contributed by atoms with Gasteiger partial charge in [0.1, 0.15) is 0 Å². The third-order valence-electron chi connectivity index (χ3n) is 4.45. The summed E-state index contributed by atoms with van der Waals surface area (Å²) in [6.07, 6.45) is 2.16. The van der Waals surface area contributed by atoms with Crippen LogP contribution < -0.4 is 0 Å². The summed E-state index contributed by atoms with van der Waals surface area (Å²) in [4.78, 5) is 14.2. The van der Waals surface area contributed by atoms with Gasteiger partial charge in [0.15, 0.2) is 0 Å². The number of methoxy groups -OCH3 is 1. The van der Waals surface area contributed by atoms with E-state index in [9.17, 15) is 4.79 Å². The van der Waals surface area contributed by atoms with Gasteiger partial charge in [-0.05, 0) is 6.42 Å². The van der Waals surface area contributed by atoms with Crippen LogP contribution in [0.15, 0.2) is 30.3 Å². The lowest BCUT2D eigenvalue weighted by molar-refractivity contribution is -0.132. The molecule has 0 radical (unpaired) electrons. The molecule has 1 amide bonds. The van der Waals surface area contributed by atoms with E-state index in [0.717, 1.165) is 37.2 Å². The number of aryl methyl sites for hydroxylation is 1. The number of hydrogen-bond donors (Lipinski definition) is 0. The highest BCUT2D eigenvalue weighted by molar-refractivity contribution is 5.76. The van der Waals surface area contributed by atoms with Crippen LogP contribution in [0.4, 0.5) is 0 Å². The molecule has 23 heavy (non-hydrogen) atoms. The molecule has 3 rings (SSSR count). The average molecular weight is 313 g/mol. The van der Waals surface area contributed by atoms with Gasteiger partial charge in [-0.15, -0.1) is 0 Å². The zero-order valence-corrected chi connectivity index (χ0v) is 13.8. The molecule has 1 aliphatic heterocycles. The highest BCUT2D eigenvalue weighted by atomic mass is 16.5. The fourth-order valence-corrected chi connectivity index (χ4v) is 3.20. The second-order valence-electron chi connectivity index (χ2n) is 5.89. The van der Waals surface area contributed by atoms with Crippen molar-refractivity contribution in [2.45, 2.75) is 19.3 Å². The summed E-state index contributed by atoms with van der Waals surface area (Å²) in [5.74, 6) is 0.175. The lowest BCUT2D eigenvalue weighted by atomic mass is 10.0. The molecule has 0 saturated carbocycles. The summed E-state index contributed by atoms with van der Waals surface area (Å²) in [6.45, 7) is 1.99. The van der Waals surface area contributed by atoms with Crippen molar-refractivity contribution in [2.24, 2.45) is 7.05 Å². The van der Waals surface area contributed by atoms with Crippen molar-refractivity contribution in [2.75, 3.05) is 26.8 Å². The highest BCUT2D eigenvalue weighted by Gasteiger charge is 2.24. The molecule has 0 atom stereocenters. The van der Waals surface area contributed by atoms with E-state index in [0.29, 0.717) is 13.0 Å². The fourth-order valence-electron chi connectivity index (χ4n) is 3.20. The minimum absolute atomic E-state index is 0.175. The Morgan fingerprint density at radius 2 is 1.96 bits per heavy atom. The number of rotatable bonds is 4. The molecule has 1 aromatic carbocycles. The number of ether oxygens (including phenoxy) is 1. The summed E-state index contributed by atoms with van der Waals surface area (Å²) in [7, 11) is 3.62. The number of aromatic nitrogens is 2. The molecule has 122 valence electrons. The van der Waals surface area contributed by atoms with E-state index in [1.807, 2.05) is 34.8 Å². The number of carbonyl (C=O) groups excluding carboxylic acids is 1. The average Bonchev–Trinajstić information content (AvgIpc) is 2.75. The SMILES string of the molecule is COCCC(=O)N1CCc2c(-c3ccccc3)nn(C)c2CC1. The van der Waals surface area contributed by atoms with Gasteiger partial charge in [0.2, 0.25) is 5.91 Å². The smallest absolute Gasteiger partial charge is 0.224 e. The van der Waals surface area contributed by atoms with Crippen LogP contribution in [0.5, 0.6) is 0 Å². The number of benzene rings is 1. The lowest BCUT2D eigenvalue weighted by Gasteiger charge is -2.20. The Kier molecular flexibility index (Phi) is 4.76. The third kappa shape index (κ3) is 3.29. The zero-order valence-electron chi connectivity index (χ0n) is 13.8. The quantitative estimate of drug-likeness (QED) is 0.868. The molecule has 5 heteroatoms. The molecule has 5 nitrogen and oxygen atoms in total. The van der Waals surface area contributed by atoms with Crippen LogP contribution in [0.25, 0.3) is 11.3 Å². The van der Waals surface area contributed by atoms with E-state index in [-0.39, 0.29) is 5.91 Å². The van der Waals surface area contributed by atoms with Gasteiger partial charge in [-0.2, -0.15) is 5.10 Å². The summed E-state index contributed by atoms with van der Waals surface area (Å²) in [5, 5.41) is 4.72. The van der Waals surface area contributed by atoms with Gasteiger partial charge in [0.25, 0.3) is 0 Å². The summed E-state index contributed by atoms with van der Waals surface area (Å²) < 4.78 is 6.99. The van der Waals surface area contributed by atoms with Gasteiger partial charge in [0.05, 0.1) is 18.7 Å². The Morgan fingerprint density at radius 1 is 1.22 bits per heavy atom. The fraction of sp³-hybridized carbons (Fsp3) is 0.444. The first-order chi connectivity index (χ1) is 11.2.